The zero-order chi connectivity index (χ0) is 13.2. The quantitative estimate of drug-likeness (QED) is 0.847. The van der Waals surface area contributed by atoms with Gasteiger partial charge in [-0.15, -0.1) is 0 Å². The number of amides is 1. The number of piperidine rings is 1. The van der Waals surface area contributed by atoms with Crippen LogP contribution in [0.2, 0.25) is 0 Å². The molecule has 3 N–H and O–H groups in total. The Hall–Kier alpha value is -1.36. The predicted molar refractivity (Wildman–Crippen MR) is 70.0 cm³/mol. The van der Waals surface area contributed by atoms with Gasteiger partial charge in [-0.05, 0) is 32.8 Å². The summed E-state index contributed by atoms with van der Waals surface area (Å²) in [6.07, 6.45) is 4.32. The molecule has 1 saturated heterocycles. The number of hydrogen-bond acceptors (Lipinski definition) is 3. The first-order valence-electron chi connectivity index (χ1n) is 6.51. The minimum absolute atomic E-state index is 0.159. The van der Waals surface area contributed by atoms with Gasteiger partial charge in [-0.25, -0.2) is 0 Å². The van der Waals surface area contributed by atoms with Crippen LogP contribution in [0, 0.1) is 0 Å². The molecule has 5 heteroatoms. The lowest BCUT2D eigenvalue weighted by atomic mass is 9.93. The molecule has 100 valence electrons. The number of aromatic nitrogens is 2. The van der Waals surface area contributed by atoms with E-state index in [1.807, 2.05) is 24.8 Å². The second-order valence-corrected chi connectivity index (χ2v) is 5.86. The summed E-state index contributed by atoms with van der Waals surface area (Å²) in [5.74, 6) is 0.540. The number of rotatable bonds is 3. The van der Waals surface area contributed by atoms with E-state index >= 15 is 0 Å². The highest BCUT2D eigenvalue weighted by atomic mass is 16.2. The van der Waals surface area contributed by atoms with E-state index in [1.165, 1.54) is 0 Å². The van der Waals surface area contributed by atoms with Gasteiger partial charge in [0.15, 0.2) is 0 Å². The number of hydrogen-bond donors (Lipinski definition) is 2. The molecule has 1 aromatic rings. The summed E-state index contributed by atoms with van der Waals surface area (Å²) in [5.41, 5.74) is 6.60. The molecular weight excluding hydrogens is 228 g/mol. The molecule has 1 unspecified atom stereocenters. The Morgan fingerprint density at radius 3 is 3.06 bits per heavy atom. The van der Waals surface area contributed by atoms with Crippen molar-refractivity contribution < 1.29 is 4.79 Å². The fraction of sp³-hybridized carbons (Fsp3) is 0.692. The van der Waals surface area contributed by atoms with Crippen LogP contribution in [0.1, 0.15) is 44.7 Å². The third-order valence-electron chi connectivity index (χ3n) is 3.34. The van der Waals surface area contributed by atoms with Gasteiger partial charge in [-0.1, -0.05) is 0 Å². The normalized spacial score (nSPS) is 21.1. The van der Waals surface area contributed by atoms with Crippen LogP contribution in [0.3, 0.4) is 0 Å². The number of carbonyl (C=O) groups is 1. The van der Waals surface area contributed by atoms with Gasteiger partial charge in [0.05, 0.1) is 0 Å². The SMILES string of the molecule is CC(C)(N)CC(=O)N1CCCC(c2ccn[nH]2)C1. The third-order valence-corrected chi connectivity index (χ3v) is 3.34. The first-order valence-corrected chi connectivity index (χ1v) is 6.51. The summed E-state index contributed by atoms with van der Waals surface area (Å²) in [7, 11) is 0. The Bertz CT molecular complexity index is 394. The van der Waals surface area contributed by atoms with Gasteiger partial charge in [0.2, 0.25) is 5.91 Å². The smallest absolute Gasteiger partial charge is 0.224 e. The van der Waals surface area contributed by atoms with Crippen molar-refractivity contribution in [3.05, 3.63) is 18.0 Å². The van der Waals surface area contributed by atoms with Crippen LogP contribution in [0.5, 0.6) is 0 Å². The molecule has 1 fully saturated rings. The summed E-state index contributed by atoms with van der Waals surface area (Å²) in [5, 5.41) is 6.98. The van der Waals surface area contributed by atoms with Gasteiger partial charge in [0.1, 0.15) is 0 Å². The standard InChI is InChI=1S/C13H22N4O/c1-13(2,14)8-12(18)17-7-3-4-10(9-17)11-5-6-15-16-11/h5-6,10H,3-4,7-9,14H2,1-2H3,(H,15,16). The first-order chi connectivity index (χ1) is 8.46. The molecule has 0 saturated carbocycles. The number of likely N-dealkylation sites (tertiary alicyclic amines) is 1. The molecule has 18 heavy (non-hydrogen) atoms. The maximum atomic E-state index is 12.1. The first kappa shape index (κ1) is 13.1. The van der Waals surface area contributed by atoms with E-state index in [0.717, 1.165) is 31.6 Å². The number of nitrogens with zero attached hydrogens (tertiary/aromatic N) is 2. The van der Waals surface area contributed by atoms with Crippen molar-refractivity contribution in [1.29, 1.82) is 0 Å². The van der Waals surface area contributed by atoms with Crippen LogP contribution in [-0.4, -0.2) is 39.6 Å². The van der Waals surface area contributed by atoms with E-state index in [1.54, 1.807) is 6.20 Å². The van der Waals surface area contributed by atoms with Crippen LogP contribution in [0.4, 0.5) is 0 Å². The van der Waals surface area contributed by atoms with Gasteiger partial charge in [0, 0.05) is 42.9 Å². The van der Waals surface area contributed by atoms with Crippen molar-refractivity contribution >= 4 is 5.91 Å². The summed E-state index contributed by atoms with van der Waals surface area (Å²) in [6.45, 7) is 5.40. The van der Waals surface area contributed by atoms with Crippen molar-refractivity contribution in [3.63, 3.8) is 0 Å². The van der Waals surface area contributed by atoms with E-state index in [9.17, 15) is 4.79 Å². The lowest BCUT2D eigenvalue weighted by Gasteiger charge is -2.34. The predicted octanol–water partition coefficient (Wildman–Crippen LogP) is 1.24. The van der Waals surface area contributed by atoms with Crippen LogP contribution in [-0.2, 0) is 4.79 Å². The number of nitrogens with one attached hydrogen (secondary N) is 1. The molecule has 1 aromatic heterocycles. The number of nitrogens with two attached hydrogens (primary N) is 1. The van der Waals surface area contributed by atoms with Gasteiger partial charge in [0.25, 0.3) is 0 Å². The van der Waals surface area contributed by atoms with E-state index in [2.05, 4.69) is 10.2 Å². The van der Waals surface area contributed by atoms with Crippen LogP contribution < -0.4 is 5.73 Å². The van der Waals surface area contributed by atoms with Gasteiger partial charge < -0.3 is 10.6 Å². The maximum absolute atomic E-state index is 12.1. The van der Waals surface area contributed by atoms with Crippen molar-refractivity contribution in [2.45, 2.75) is 44.6 Å². The molecule has 2 rings (SSSR count). The average Bonchev–Trinajstić information content (AvgIpc) is 2.80. The monoisotopic (exact) mass is 250 g/mol. The van der Waals surface area contributed by atoms with E-state index in [-0.39, 0.29) is 5.91 Å². The zero-order valence-electron chi connectivity index (χ0n) is 11.1. The molecule has 0 aliphatic carbocycles. The third kappa shape index (κ3) is 3.32. The molecule has 0 aromatic carbocycles. The van der Waals surface area contributed by atoms with E-state index in [0.29, 0.717) is 12.3 Å². The molecule has 1 amide bonds. The molecule has 1 aliphatic heterocycles. The molecule has 1 aliphatic rings. The molecule has 1 atom stereocenters. The lowest BCUT2D eigenvalue weighted by Crippen LogP contribution is -2.44. The molecule has 2 heterocycles. The molecular formula is C13H22N4O. The number of H-pyrrole nitrogens is 1. The Labute approximate surface area is 108 Å². The Kier molecular flexibility index (Phi) is 3.71. The van der Waals surface area contributed by atoms with Gasteiger partial charge in [-0.3, -0.25) is 9.89 Å². The fourth-order valence-electron chi connectivity index (χ4n) is 2.45. The van der Waals surface area contributed by atoms with E-state index < -0.39 is 5.54 Å². The molecule has 0 spiro atoms. The Balaban J connectivity index is 1.96. The topological polar surface area (TPSA) is 75.0 Å². The second-order valence-electron chi connectivity index (χ2n) is 5.86. The van der Waals surface area contributed by atoms with Crippen molar-refractivity contribution in [3.8, 4) is 0 Å². The maximum Gasteiger partial charge on any atom is 0.224 e. The van der Waals surface area contributed by atoms with Crippen molar-refractivity contribution in [2.24, 2.45) is 5.73 Å². The summed E-state index contributed by atoms with van der Waals surface area (Å²) in [4.78, 5) is 14.1. The zero-order valence-corrected chi connectivity index (χ0v) is 11.1. The van der Waals surface area contributed by atoms with Gasteiger partial charge in [-0.2, -0.15) is 5.10 Å². The lowest BCUT2D eigenvalue weighted by molar-refractivity contribution is -0.133. The molecule has 0 radical (unpaired) electrons. The second kappa shape index (κ2) is 5.10. The molecule has 0 bridgehead atoms. The van der Waals surface area contributed by atoms with Crippen molar-refractivity contribution in [2.75, 3.05) is 13.1 Å². The highest BCUT2D eigenvalue weighted by molar-refractivity contribution is 5.77. The fourth-order valence-corrected chi connectivity index (χ4v) is 2.45. The number of aromatic amines is 1. The van der Waals surface area contributed by atoms with E-state index in [4.69, 9.17) is 5.73 Å². The Morgan fingerprint density at radius 1 is 1.67 bits per heavy atom. The summed E-state index contributed by atoms with van der Waals surface area (Å²) >= 11 is 0. The average molecular weight is 250 g/mol. The van der Waals surface area contributed by atoms with Gasteiger partial charge >= 0.3 is 0 Å². The summed E-state index contributed by atoms with van der Waals surface area (Å²) < 4.78 is 0. The largest absolute Gasteiger partial charge is 0.342 e. The Morgan fingerprint density at radius 2 is 2.44 bits per heavy atom. The highest BCUT2D eigenvalue weighted by Gasteiger charge is 2.27. The minimum atomic E-state index is -0.433. The highest BCUT2D eigenvalue weighted by Crippen LogP contribution is 2.26. The van der Waals surface area contributed by atoms with Crippen molar-refractivity contribution in [1.82, 2.24) is 15.1 Å². The molecule has 5 nitrogen and oxygen atoms in total. The summed E-state index contributed by atoms with van der Waals surface area (Å²) in [6, 6.07) is 1.99. The van der Waals surface area contributed by atoms with Crippen LogP contribution >= 0.6 is 0 Å². The number of carbonyl (C=O) groups excluding carboxylic acids is 1. The van der Waals surface area contributed by atoms with Crippen LogP contribution in [0.25, 0.3) is 0 Å². The van der Waals surface area contributed by atoms with Crippen LogP contribution in [0.15, 0.2) is 12.3 Å². The minimum Gasteiger partial charge on any atom is -0.342 e.